The highest BCUT2D eigenvalue weighted by Gasteiger charge is 2.32. The van der Waals surface area contributed by atoms with Gasteiger partial charge in [-0.2, -0.15) is 0 Å². The van der Waals surface area contributed by atoms with E-state index >= 15 is 0 Å². The number of nitrogens with zero attached hydrogens (tertiary/aromatic N) is 5. The minimum Gasteiger partial charge on any atom is -0.373 e. The zero-order valence-electron chi connectivity index (χ0n) is 19.3. The molecular formula is C25H34N6O. The number of aromatic nitrogens is 2. The molecule has 1 amide bonds. The average molecular weight is 435 g/mol. The summed E-state index contributed by atoms with van der Waals surface area (Å²) in [4.78, 5) is 28.8. The Kier molecular flexibility index (Phi) is 6.00. The van der Waals surface area contributed by atoms with Crippen LogP contribution in [0.15, 0.2) is 24.3 Å². The second-order valence-electron chi connectivity index (χ2n) is 9.30. The van der Waals surface area contributed by atoms with E-state index in [0.717, 1.165) is 62.8 Å². The van der Waals surface area contributed by atoms with Crippen LogP contribution in [0.3, 0.4) is 0 Å². The van der Waals surface area contributed by atoms with Gasteiger partial charge in [0, 0.05) is 64.5 Å². The summed E-state index contributed by atoms with van der Waals surface area (Å²) in [7, 11) is 1.93. The van der Waals surface area contributed by atoms with Gasteiger partial charge in [0.05, 0.1) is 11.7 Å². The first-order valence-corrected chi connectivity index (χ1v) is 12.0. The van der Waals surface area contributed by atoms with Gasteiger partial charge in [-0.05, 0) is 49.8 Å². The third-order valence-electron chi connectivity index (χ3n) is 7.17. The molecule has 2 aromatic rings. The standard InChI is InChI=1S/C25H34N6O/c1-18(32)31-14-5-6-23(31)25-27-22-17-29(15-11-21(22)24(26-2)28-25)16-19-7-9-20(10-8-19)30-12-3-4-13-30/h7-10,23H,3-6,11-17H2,1-2H3,(H,26,27,28). The summed E-state index contributed by atoms with van der Waals surface area (Å²) < 4.78 is 0. The van der Waals surface area contributed by atoms with Crippen LogP contribution in [0.4, 0.5) is 11.5 Å². The van der Waals surface area contributed by atoms with Gasteiger partial charge in [-0.25, -0.2) is 9.97 Å². The number of fused-ring (bicyclic) bond motifs is 1. The Labute approximate surface area is 190 Å². The average Bonchev–Trinajstić information content (AvgIpc) is 3.51. The summed E-state index contributed by atoms with van der Waals surface area (Å²) in [6.45, 7) is 7.56. The number of carbonyl (C=O) groups is 1. The van der Waals surface area contributed by atoms with Gasteiger partial charge in [-0.3, -0.25) is 9.69 Å². The Morgan fingerprint density at radius 2 is 1.84 bits per heavy atom. The smallest absolute Gasteiger partial charge is 0.220 e. The molecular weight excluding hydrogens is 400 g/mol. The van der Waals surface area contributed by atoms with Gasteiger partial charge < -0.3 is 15.1 Å². The molecule has 5 rings (SSSR count). The summed E-state index contributed by atoms with van der Waals surface area (Å²) in [5.41, 5.74) is 5.02. The topological polar surface area (TPSA) is 64.6 Å². The molecule has 2 fully saturated rings. The zero-order chi connectivity index (χ0) is 22.1. The van der Waals surface area contributed by atoms with Crippen molar-refractivity contribution in [3.05, 3.63) is 46.9 Å². The van der Waals surface area contributed by atoms with Crippen molar-refractivity contribution in [2.24, 2.45) is 0 Å². The van der Waals surface area contributed by atoms with E-state index in [-0.39, 0.29) is 11.9 Å². The van der Waals surface area contributed by atoms with Crippen molar-refractivity contribution in [3.63, 3.8) is 0 Å². The van der Waals surface area contributed by atoms with E-state index in [0.29, 0.717) is 0 Å². The molecule has 0 aliphatic carbocycles. The quantitative estimate of drug-likeness (QED) is 0.779. The zero-order valence-corrected chi connectivity index (χ0v) is 19.3. The first-order chi connectivity index (χ1) is 15.6. The molecule has 0 saturated carbocycles. The van der Waals surface area contributed by atoms with Gasteiger partial charge in [0.15, 0.2) is 5.82 Å². The number of anilines is 2. The molecule has 2 saturated heterocycles. The van der Waals surface area contributed by atoms with E-state index in [1.165, 1.54) is 42.7 Å². The summed E-state index contributed by atoms with van der Waals surface area (Å²) in [6.07, 6.45) is 5.50. The predicted molar refractivity (Wildman–Crippen MR) is 127 cm³/mol. The summed E-state index contributed by atoms with van der Waals surface area (Å²) in [5, 5.41) is 3.28. The van der Waals surface area contributed by atoms with Crippen molar-refractivity contribution in [2.45, 2.75) is 58.2 Å². The van der Waals surface area contributed by atoms with Crippen LogP contribution in [0.5, 0.6) is 0 Å². The van der Waals surface area contributed by atoms with Crippen LogP contribution in [0.25, 0.3) is 0 Å². The Bertz CT molecular complexity index is 969. The van der Waals surface area contributed by atoms with Gasteiger partial charge in [-0.15, -0.1) is 0 Å². The molecule has 1 atom stereocenters. The Morgan fingerprint density at radius 3 is 2.56 bits per heavy atom. The van der Waals surface area contributed by atoms with Gasteiger partial charge in [0.25, 0.3) is 0 Å². The molecule has 1 aromatic heterocycles. The van der Waals surface area contributed by atoms with Crippen LogP contribution >= 0.6 is 0 Å². The Balaban J connectivity index is 1.32. The Morgan fingerprint density at radius 1 is 1.06 bits per heavy atom. The lowest BCUT2D eigenvalue weighted by Crippen LogP contribution is -2.33. The van der Waals surface area contributed by atoms with Crippen LogP contribution in [0.2, 0.25) is 0 Å². The first kappa shape index (κ1) is 21.2. The number of rotatable bonds is 5. The van der Waals surface area contributed by atoms with E-state index in [1.807, 2.05) is 11.9 Å². The highest BCUT2D eigenvalue weighted by Crippen LogP contribution is 2.33. The summed E-state index contributed by atoms with van der Waals surface area (Å²) in [5.74, 6) is 1.83. The summed E-state index contributed by atoms with van der Waals surface area (Å²) in [6, 6.07) is 9.09. The molecule has 7 nitrogen and oxygen atoms in total. The molecule has 1 N–H and O–H groups in total. The van der Waals surface area contributed by atoms with Crippen LogP contribution in [-0.2, 0) is 24.3 Å². The third kappa shape index (κ3) is 4.18. The molecule has 7 heteroatoms. The fraction of sp³-hybridized carbons (Fsp3) is 0.560. The lowest BCUT2D eigenvalue weighted by atomic mass is 10.0. The van der Waals surface area contributed by atoms with Gasteiger partial charge in [0.1, 0.15) is 5.82 Å². The van der Waals surface area contributed by atoms with E-state index in [9.17, 15) is 4.79 Å². The second kappa shape index (κ2) is 9.06. The number of hydrogen-bond donors (Lipinski definition) is 1. The minimum absolute atomic E-state index is 0.00147. The maximum atomic E-state index is 12.1. The first-order valence-electron chi connectivity index (χ1n) is 12.0. The van der Waals surface area contributed by atoms with Crippen LogP contribution in [-0.4, -0.2) is 58.9 Å². The molecule has 170 valence electrons. The molecule has 3 aliphatic heterocycles. The lowest BCUT2D eigenvalue weighted by Gasteiger charge is -2.30. The van der Waals surface area contributed by atoms with Crippen LogP contribution in [0, 0.1) is 0 Å². The largest absolute Gasteiger partial charge is 0.373 e. The molecule has 0 bridgehead atoms. The fourth-order valence-corrected chi connectivity index (χ4v) is 5.45. The number of benzene rings is 1. The van der Waals surface area contributed by atoms with Gasteiger partial charge in [-0.1, -0.05) is 12.1 Å². The summed E-state index contributed by atoms with van der Waals surface area (Å²) >= 11 is 0. The molecule has 4 heterocycles. The molecule has 32 heavy (non-hydrogen) atoms. The lowest BCUT2D eigenvalue weighted by molar-refractivity contribution is -0.129. The van der Waals surface area contributed by atoms with Crippen molar-refractivity contribution in [3.8, 4) is 0 Å². The van der Waals surface area contributed by atoms with Crippen molar-refractivity contribution in [1.82, 2.24) is 19.8 Å². The van der Waals surface area contributed by atoms with Crippen LogP contribution < -0.4 is 10.2 Å². The van der Waals surface area contributed by atoms with Crippen molar-refractivity contribution >= 4 is 17.4 Å². The fourth-order valence-electron chi connectivity index (χ4n) is 5.45. The molecule has 0 spiro atoms. The predicted octanol–water partition coefficient (Wildman–Crippen LogP) is 3.36. The highest BCUT2D eigenvalue weighted by molar-refractivity contribution is 5.74. The van der Waals surface area contributed by atoms with Crippen molar-refractivity contribution in [1.29, 1.82) is 0 Å². The number of amides is 1. The molecule has 3 aliphatic rings. The second-order valence-corrected chi connectivity index (χ2v) is 9.30. The Hall–Kier alpha value is -2.67. The molecule has 0 radical (unpaired) electrons. The minimum atomic E-state index is -0.00147. The molecule has 1 aromatic carbocycles. The van der Waals surface area contributed by atoms with Gasteiger partial charge >= 0.3 is 0 Å². The maximum absolute atomic E-state index is 12.1. The van der Waals surface area contributed by atoms with Crippen molar-refractivity contribution in [2.75, 3.05) is 43.4 Å². The maximum Gasteiger partial charge on any atom is 0.220 e. The number of likely N-dealkylation sites (tertiary alicyclic amines) is 1. The van der Waals surface area contributed by atoms with Crippen LogP contribution in [0.1, 0.15) is 61.3 Å². The number of hydrogen-bond acceptors (Lipinski definition) is 6. The highest BCUT2D eigenvalue weighted by atomic mass is 16.2. The van der Waals surface area contributed by atoms with Gasteiger partial charge in [0.2, 0.25) is 5.91 Å². The monoisotopic (exact) mass is 434 g/mol. The number of carbonyl (C=O) groups excluding carboxylic acids is 1. The molecule has 1 unspecified atom stereocenters. The van der Waals surface area contributed by atoms with E-state index < -0.39 is 0 Å². The number of nitrogens with one attached hydrogen (secondary N) is 1. The normalized spacial score (nSPS) is 21.1. The van der Waals surface area contributed by atoms with Crippen molar-refractivity contribution < 1.29 is 4.79 Å². The SMILES string of the molecule is CNc1nc(C2CCCN2C(C)=O)nc2c1CCN(Cc1ccc(N3CCCC3)cc1)C2. The third-order valence-corrected chi connectivity index (χ3v) is 7.17. The van der Waals surface area contributed by atoms with E-state index in [1.54, 1.807) is 6.92 Å². The van der Waals surface area contributed by atoms with E-state index in [4.69, 9.17) is 9.97 Å². The van der Waals surface area contributed by atoms with E-state index in [2.05, 4.69) is 39.4 Å².